The number of esters is 1. The average Bonchev–Trinajstić information content (AvgIpc) is 3.18. The van der Waals surface area contributed by atoms with Gasteiger partial charge in [-0.2, -0.15) is 0 Å². The Hall–Kier alpha value is -1.14. The Morgan fingerprint density at radius 3 is 1.11 bits per heavy atom. The Morgan fingerprint density at radius 1 is 0.436 bits per heavy atom. The van der Waals surface area contributed by atoms with Gasteiger partial charge >= 0.3 is 5.97 Å². The number of unbranched alkanes of at least 4 members (excludes halogenated alkanes) is 35. The highest BCUT2D eigenvalue weighted by Crippen LogP contribution is 2.17. The number of rotatable bonds is 46. The van der Waals surface area contributed by atoms with E-state index in [0.717, 1.165) is 51.4 Å². The lowest BCUT2D eigenvalue weighted by Gasteiger charge is -2.22. The van der Waals surface area contributed by atoms with Crippen molar-refractivity contribution in [3.05, 3.63) is 0 Å². The number of hydrogen-bond donors (Lipinski definition) is 3. The van der Waals surface area contributed by atoms with E-state index in [1.54, 1.807) is 0 Å². The molecule has 0 aromatic carbocycles. The minimum atomic E-state index is -0.669. The van der Waals surface area contributed by atoms with Crippen molar-refractivity contribution in [1.82, 2.24) is 5.32 Å². The summed E-state index contributed by atoms with van der Waals surface area (Å²) in [5.41, 5.74) is 0. The van der Waals surface area contributed by atoms with Crippen LogP contribution in [0.3, 0.4) is 0 Å². The first-order valence-electron chi connectivity index (χ1n) is 24.8. The fraction of sp³-hybridized carbons (Fsp3) is 0.959. The topological polar surface area (TPSA) is 95.9 Å². The van der Waals surface area contributed by atoms with Crippen molar-refractivity contribution in [2.75, 3.05) is 13.2 Å². The van der Waals surface area contributed by atoms with Crippen molar-refractivity contribution in [2.24, 2.45) is 0 Å². The highest BCUT2D eigenvalue weighted by molar-refractivity contribution is 5.76. The summed E-state index contributed by atoms with van der Waals surface area (Å²) in [6.45, 7) is 4.92. The lowest BCUT2D eigenvalue weighted by molar-refractivity contribution is -0.143. The monoisotopic (exact) mass is 780 g/mol. The second-order valence-corrected chi connectivity index (χ2v) is 17.2. The second kappa shape index (κ2) is 45.6. The zero-order valence-electron chi connectivity index (χ0n) is 37.2. The van der Waals surface area contributed by atoms with Crippen molar-refractivity contribution < 1.29 is 24.5 Å². The lowest BCUT2D eigenvalue weighted by atomic mass is 10.0. The van der Waals surface area contributed by atoms with Crippen molar-refractivity contribution in [3.8, 4) is 0 Å². The fourth-order valence-corrected chi connectivity index (χ4v) is 7.82. The van der Waals surface area contributed by atoms with Crippen LogP contribution in [0, 0.1) is 0 Å². The second-order valence-electron chi connectivity index (χ2n) is 17.2. The largest absolute Gasteiger partial charge is 0.466 e. The van der Waals surface area contributed by atoms with Crippen LogP contribution >= 0.6 is 0 Å². The molecule has 6 nitrogen and oxygen atoms in total. The molecule has 0 aromatic rings. The SMILES string of the molecule is CCCCCCCCCCCCCCCCCC(=O)OCCCCCCCCCCCCCCCC(=O)NC(CO)C(O)CCCCCCCCCCCC. The number of carbonyl (C=O) groups is 2. The number of nitrogens with one attached hydrogen (secondary N) is 1. The van der Waals surface area contributed by atoms with Crippen LogP contribution in [0.5, 0.6) is 0 Å². The van der Waals surface area contributed by atoms with Gasteiger partial charge in [0.25, 0.3) is 0 Å². The van der Waals surface area contributed by atoms with E-state index in [1.807, 2.05) is 0 Å². The summed E-state index contributed by atoms with van der Waals surface area (Å²) in [4.78, 5) is 24.4. The summed E-state index contributed by atoms with van der Waals surface area (Å²) in [6, 6.07) is -0.547. The molecule has 0 bridgehead atoms. The number of carbonyl (C=O) groups excluding carboxylic acids is 2. The number of amides is 1. The molecule has 0 aromatic heterocycles. The summed E-state index contributed by atoms with van der Waals surface area (Å²) < 4.78 is 5.46. The van der Waals surface area contributed by atoms with Crippen LogP contribution < -0.4 is 5.32 Å². The highest BCUT2D eigenvalue weighted by Gasteiger charge is 2.20. The predicted octanol–water partition coefficient (Wildman–Crippen LogP) is 14.4. The van der Waals surface area contributed by atoms with E-state index in [0.29, 0.717) is 25.9 Å². The molecule has 0 aliphatic heterocycles. The van der Waals surface area contributed by atoms with Gasteiger partial charge in [0, 0.05) is 12.8 Å². The van der Waals surface area contributed by atoms with Gasteiger partial charge < -0.3 is 20.3 Å². The van der Waals surface area contributed by atoms with Gasteiger partial charge in [-0.15, -0.1) is 0 Å². The molecular weight excluding hydrogens is 683 g/mol. The van der Waals surface area contributed by atoms with Crippen LogP contribution in [0.1, 0.15) is 277 Å². The molecule has 3 N–H and O–H groups in total. The Labute approximate surface area is 343 Å². The van der Waals surface area contributed by atoms with Gasteiger partial charge in [-0.25, -0.2) is 0 Å². The molecule has 0 saturated carbocycles. The number of aliphatic hydroxyl groups is 2. The number of hydrogen-bond acceptors (Lipinski definition) is 5. The molecule has 0 aliphatic carbocycles. The first-order chi connectivity index (χ1) is 27.0. The van der Waals surface area contributed by atoms with Crippen LogP contribution in [0.2, 0.25) is 0 Å². The van der Waals surface area contributed by atoms with E-state index in [2.05, 4.69) is 19.2 Å². The molecule has 0 spiro atoms. The van der Waals surface area contributed by atoms with Crippen LogP contribution in [-0.4, -0.2) is 47.4 Å². The average molecular weight is 780 g/mol. The van der Waals surface area contributed by atoms with Gasteiger partial charge in [-0.1, -0.05) is 239 Å². The summed E-state index contributed by atoms with van der Waals surface area (Å²) in [5.74, 6) is -0.0508. The molecule has 2 atom stereocenters. The van der Waals surface area contributed by atoms with Gasteiger partial charge in [0.05, 0.1) is 25.4 Å². The quantitative estimate of drug-likeness (QED) is 0.0422. The van der Waals surface area contributed by atoms with E-state index in [4.69, 9.17) is 4.74 Å². The lowest BCUT2D eigenvalue weighted by Crippen LogP contribution is -2.45. The van der Waals surface area contributed by atoms with Crippen molar-refractivity contribution in [1.29, 1.82) is 0 Å². The number of aliphatic hydroxyl groups excluding tert-OH is 2. The van der Waals surface area contributed by atoms with E-state index >= 15 is 0 Å². The zero-order valence-corrected chi connectivity index (χ0v) is 37.2. The smallest absolute Gasteiger partial charge is 0.305 e. The molecule has 0 fully saturated rings. The van der Waals surface area contributed by atoms with Crippen molar-refractivity contribution >= 4 is 11.9 Å². The molecule has 55 heavy (non-hydrogen) atoms. The Morgan fingerprint density at radius 2 is 0.745 bits per heavy atom. The Bertz CT molecular complexity index is 776. The molecule has 0 heterocycles. The van der Waals surface area contributed by atoms with E-state index < -0.39 is 12.1 Å². The van der Waals surface area contributed by atoms with Gasteiger partial charge in [0.2, 0.25) is 5.91 Å². The molecule has 0 aliphatic rings. The maximum atomic E-state index is 12.4. The van der Waals surface area contributed by atoms with Crippen molar-refractivity contribution in [3.63, 3.8) is 0 Å². The van der Waals surface area contributed by atoms with Crippen LogP contribution in [0.25, 0.3) is 0 Å². The molecular formula is C49H97NO5. The van der Waals surface area contributed by atoms with Crippen molar-refractivity contribution in [2.45, 2.75) is 289 Å². The van der Waals surface area contributed by atoms with Gasteiger partial charge in [0.15, 0.2) is 0 Å². The zero-order chi connectivity index (χ0) is 40.1. The predicted molar refractivity (Wildman–Crippen MR) is 237 cm³/mol. The van der Waals surface area contributed by atoms with E-state index in [1.165, 1.54) is 193 Å². The van der Waals surface area contributed by atoms with Crippen LogP contribution in [0.15, 0.2) is 0 Å². The van der Waals surface area contributed by atoms with E-state index in [9.17, 15) is 19.8 Å². The molecule has 1 amide bonds. The molecule has 2 unspecified atom stereocenters. The Balaban J connectivity index is 3.41. The van der Waals surface area contributed by atoms with Crippen LogP contribution in [-0.2, 0) is 14.3 Å². The number of ether oxygens (including phenoxy) is 1. The summed E-state index contributed by atoms with van der Waals surface area (Å²) in [5, 5.41) is 23.1. The summed E-state index contributed by atoms with van der Waals surface area (Å²) >= 11 is 0. The molecule has 0 radical (unpaired) electrons. The Kier molecular flexibility index (Phi) is 44.6. The van der Waals surface area contributed by atoms with Gasteiger partial charge in [-0.05, 0) is 25.7 Å². The van der Waals surface area contributed by atoms with Crippen LogP contribution in [0.4, 0.5) is 0 Å². The highest BCUT2D eigenvalue weighted by atomic mass is 16.5. The first-order valence-corrected chi connectivity index (χ1v) is 24.8. The molecule has 0 saturated heterocycles. The molecule has 328 valence electrons. The van der Waals surface area contributed by atoms with Gasteiger partial charge in [0.1, 0.15) is 0 Å². The summed E-state index contributed by atoms with van der Waals surface area (Å²) in [7, 11) is 0. The molecule has 6 heteroatoms. The molecule has 0 rings (SSSR count). The normalized spacial score (nSPS) is 12.6. The third kappa shape index (κ3) is 42.3. The maximum Gasteiger partial charge on any atom is 0.305 e. The minimum absolute atomic E-state index is 0.00246. The van der Waals surface area contributed by atoms with E-state index in [-0.39, 0.29) is 18.5 Å². The standard InChI is InChI=1S/C49H97NO5/c1-3-5-7-9-11-13-15-16-17-20-23-27-31-35-39-43-49(54)55-44-40-36-32-28-24-21-18-19-22-26-30-34-38-42-48(53)50-46(45-51)47(52)41-37-33-29-25-14-12-10-8-6-4-2/h46-47,51-52H,3-45H2,1-2H3,(H,50,53). The third-order valence-electron chi connectivity index (χ3n) is 11.7. The maximum absolute atomic E-state index is 12.4. The summed E-state index contributed by atoms with van der Waals surface area (Å²) in [6.07, 6.45) is 49.2. The fourth-order valence-electron chi connectivity index (χ4n) is 7.82. The third-order valence-corrected chi connectivity index (χ3v) is 11.7. The first kappa shape index (κ1) is 53.9. The minimum Gasteiger partial charge on any atom is -0.466 e. The van der Waals surface area contributed by atoms with Gasteiger partial charge in [-0.3, -0.25) is 9.59 Å².